The highest BCUT2D eigenvalue weighted by atomic mass is 32.2. The molecule has 0 bridgehead atoms. The van der Waals surface area contributed by atoms with Crippen LogP contribution in [0.15, 0.2) is 0 Å². The fraction of sp³-hybridized carbons (Fsp3) is 0.900. The summed E-state index contributed by atoms with van der Waals surface area (Å²) in [4.78, 5) is 11.7. The summed E-state index contributed by atoms with van der Waals surface area (Å²) in [6, 6.07) is 0. The van der Waals surface area contributed by atoms with Crippen molar-refractivity contribution in [1.29, 1.82) is 0 Å². The number of nitrogens with two attached hydrogens (primary N) is 1. The van der Waals surface area contributed by atoms with E-state index >= 15 is 0 Å². The number of amides is 1. The highest BCUT2D eigenvalue weighted by Gasteiger charge is 2.43. The highest BCUT2D eigenvalue weighted by Crippen LogP contribution is 2.37. The Morgan fingerprint density at radius 3 is 2.67 bits per heavy atom. The predicted molar refractivity (Wildman–Crippen MR) is 61.9 cm³/mol. The minimum Gasteiger partial charge on any atom is -0.354 e. The maximum Gasteiger partial charge on any atom is 0.240 e. The average Bonchev–Trinajstić information content (AvgIpc) is 3.00. The van der Waals surface area contributed by atoms with Gasteiger partial charge in [-0.05, 0) is 25.7 Å². The van der Waals surface area contributed by atoms with Crippen molar-refractivity contribution < 1.29 is 9.00 Å². The van der Waals surface area contributed by atoms with Gasteiger partial charge in [0, 0.05) is 28.9 Å². The molecule has 2 atom stereocenters. The fourth-order valence-corrected chi connectivity index (χ4v) is 2.10. The molecule has 0 saturated heterocycles. The topological polar surface area (TPSA) is 72.2 Å². The van der Waals surface area contributed by atoms with Crippen molar-refractivity contribution in [3.63, 3.8) is 0 Å². The SMILES string of the molecule is CCS(=O)CCNC(=O)C(C)(N)C1CC1. The molecule has 1 rings (SSSR count). The van der Waals surface area contributed by atoms with Gasteiger partial charge in [-0.2, -0.15) is 0 Å². The van der Waals surface area contributed by atoms with Crippen molar-refractivity contribution in [3.8, 4) is 0 Å². The Balaban J connectivity index is 2.26. The predicted octanol–water partition coefficient (Wildman–Crippen LogP) is -0.00140. The van der Waals surface area contributed by atoms with Gasteiger partial charge in [-0.3, -0.25) is 9.00 Å². The molecule has 4 nitrogen and oxygen atoms in total. The Bertz CT molecular complexity index is 262. The number of hydrogen-bond donors (Lipinski definition) is 2. The third-order valence-electron chi connectivity index (χ3n) is 2.85. The quantitative estimate of drug-likeness (QED) is 0.677. The molecule has 15 heavy (non-hydrogen) atoms. The standard InChI is InChI=1S/C10H20N2O2S/c1-3-15(14)7-6-12-9(13)10(2,11)8-4-5-8/h8H,3-7,11H2,1-2H3,(H,12,13). The minimum atomic E-state index is -0.821. The van der Waals surface area contributed by atoms with E-state index in [2.05, 4.69) is 5.32 Å². The molecule has 0 radical (unpaired) electrons. The summed E-state index contributed by atoms with van der Waals surface area (Å²) in [6.45, 7) is 4.10. The molecule has 5 heteroatoms. The second kappa shape index (κ2) is 5.07. The Kier molecular flexibility index (Phi) is 4.28. The number of carbonyl (C=O) groups is 1. The zero-order valence-corrected chi connectivity index (χ0v) is 10.2. The summed E-state index contributed by atoms with van der Waals surface area (Å²) in [5.74, 6) is 1.37. The summed E-state index contributed by atoms with van der Waals surface area (Å²) in [6.07, 6.45) is 2.09. The van der Waals surface area contributed by atoms with E-state index in [1.807, 2.05) is 6.92 Å². The van der Waals surface area contributed by atoms with Crippen LogP contribution < -0.4 is 11.1 Å². The minimum absolute atomic E-state index is 0.113. The Labute approximate surface area is 93.4 Å². The third-order valence-corrected chi connectivity index (χ3v) is 4.16. The molecule has 3 N–H and O–H groups in total. The van der Waals surface area contributed by atoms with Gasteiger partial charge in [0.15, 0.2) is 0 Å². The van der Waals surface area contributed by atoms with Gasteiger partial charge in [0.2, 0.25) is 5.91 Å². The average molecular weight is 232 g/mol. The van der Waals surface area contributed by atoms with Crippen LogP contribution >= 0.6 is 0 Å². The largest absolute Gasteiger partial charge is 0.354 e. The molecule has 1 amide bonds. The van der Waals surface area contributed by atoms with Crippen LogP contribution in [0.25, 0.3) is 0 Å². The van der Waals surface area contributed by atoms with E-state index in [4.69, 9.17) is 5.73 Å². The molecule has 0 aromatic heterocycles. The Hall–Kier alpha value is -0.420. The zero-order chi connectivity index (χ0) is 11.5. The molecule has 88 valence electrons. The summed E-state index contributed by atoms with van der Waals surface area (Å²) >= 11 is 0. The third kappa shape index (κ3) is 3.57. The number of nitrogens with one attached hydrogen (secondary N) is 1. The van der Waals surface area contributed by atoms with Gasteiger partial charge in [-0.1, -0.05) is 6.92 Å². The van der Waals surface area contributed by atoms with Gasteiger partial charge in [0.1, 0.15) is 0 Å². The molecule has 1 aliphatic rings. The van der Waals surface area contributed by atoms with E-state index in [1.165, 1.54) is 0 Å². The lowest BCUT2D eigenvalue weighted by molar-refractivity contribution is -0.126. The molecule has 0 aromatic carbocycles. The van der Waals surface area contributed by atoms with E-state index < -0.39 is 16.3 Å². The second-order valence-electron chi connectivity index (χ2n) is 4.25. The van der Waals surface area contributed by atoms with Crippen molar-refractivity contribution >= 4 is 16.7 Å². The van der Waals surface area contributed by atoms with Gasteiger partial charge in [0.05, 0.1) is 5.54 Å². The van der Waals surface area contributed by atoms with Crippen LogP contribution in [0.5, 0.6) is 0 Å². The second-order valence-corrected chi connectivity index (χ2v) is 6.11. The Morgan fingerprint density at radius 1 is 1.60 bits per heavy atom. The van der Waals surface area contributed by atoms with Crippen LogP contribution in [0.4, 0.5) is 0 Å². The maximum absolute atomic E-state index is 11.7. The van der Waals surface area contributed by atoms with Gasteiger partial charge >= 0.3 is 0 Å². The van der Waals surface area contributed by atoms with E-state index in [0.717, 1.165) is 12.8 Å². The normalized spacial score (nSPS) is 21.8. The molecule has 1 saturated carbocycles. The lowest BCUT2D eigenvalue weighted by Gasteiger charge is -2.22. The number of carbonyl (C=O) groups excluding carboxylic acids is 1. The molecule has 0 heterocycles. The van der Waals surface area contributed by atoms with Gasteiger partial charge in [-0.15, -0.1) is 0 Å². The van der Waals surface area contributed by atoms with Crippen LogP contribution in [-0.2, 0) is 15.6 Å². The first-order valence-corrected chi connectivity index (χ1v) is 6.89. The first-order chi connectivity index (χ1) is 6.98. The summed E-state index contributed by atoms with van der Waals surface area (Å²) in [5.41, 5.74) is 5.18. The molecule has 2 unspecified atom stereocenters. The highest BCUT2D eigenvalue weighted by molar-refractivity contribution is 7.84. The monoisotopic (exact) mass is 232 g/mol. The van der Waals surface area contributed by atoms with E-state index in [1.54, 1.807) is 6.92 Å². The van der Waals surface area contributed by atoms with E-state index in [-0.39, 0.29) is 5.91 Å². The molecule has 0 spiro atoms. The molecule has 1 aliphatic carbocycles. The van der Waals surface area contributed by atoms with Crippen LogP contribution in [0.2, 0.25) is 0 Å². The fourth-order valence-electron chi connectivity index (χ4n) is 1.48. The van der Waals surface area contributed by atoms with Crippen LogP contribution in [0.3, 0.4) is 0 Å². The van der Waals surface area contributed by atoms with Crippen LogP contribution in [0.1, 0.15) is 26.7 Å². The lowest BCUT2D eigenvalue weighted by Crippen LogP contribution is -2.53. The van der Waals surface area contributed by atoms with Crippen molar-refractivity contribution in [3.05, 3.63) is 0 Å². The smallest absolute Gasteiger partial charge is 0.240 e. The van der Waals surface area contributed by atoms with Crippen molar-refractivity contribution in [2.24, 2.45) is 11.7 Å². The zero-order valence-electron chi connectivity index (χ0n) is 9.41. The molecule has 0 aliphatic heterocycles. The van der Waals surface area contributed by atoms with Gasteiger partial charge < -0.3 is 11.1 Å². The lowest BCUT2D eigenvalue weighted by atomic mass is 9.96. The maximum atomic E-state index is 11.7. The van der Waals surface area contributed by atoms with Crippen molar-refractivity contribution in [2.45, 2.75) is 32.2 Å². The first-order valence-electron chi connectivity index (χ1n) is 5.40. The van der Waals surface area contributed by atoms with Crippen LogP contribution in [0, 0.1) is 5.92 Å². The van der Waals surface area contributed by atoms with Gasteiger partial charge in [0.25, 0.3) is 0 Å². The molecule has 1 fully saturated rings. The van der Waals surface area contributed by atoms with Crippen molar-refractivity contribution in [1.82, 2.24) is 5.32 Å². The summed E-state index contributed by atoms with van der Waals surface area (Å²) in [7, 11) is -0.821. The molecular formula is C10H20N2O2S. The van der Waals surface area contributed by atoms with Gasteiger partial charge in [-0.25, -0.2) is 0 Å². The van der Waals surface area contributed by atoms with Crippen LogP contribution in [-0.4, -0.2) is 33.7 Å². The number of hydrogen-bond acceptors (Lipinski definition) is 3. The van der Waals surface area contributed by atoms with Crippen molar-refractivity contribution in [2.75, 3.05) is 18.1 Å². The van der Waals surface area contributed by atoms with E-state index in [0.29, 0.717) is 24.0 Å². The molecule has 0 aromatic rings. The summed E-state index contributed by atoms with van der Waals surface area (Å²) < 4.78 is 11.1. The Morgan fingerprint density at radius 2 is 2.20 bits per heavy atom. The van der Waals surface area contributed by atoms with E-state index in [9.17, 15) is 9.00 Å². The first kappa shape index (κ1) is 12.6. The number of rotatable bonds is 6. The summed E-state index contributed by atoms with van der Waals surface area (Å²) in [5, 5.41) is 2.75. The molecular weight excluding hydrogens is 212 g/mol.